The van der Waals surface area contributed by atoms with Crippen molar-refractivity contribution in [1.29, 1.82) is 0 Å². The van der Waals surface area contributed by atoms with Crippen LogP contribution in [-0.4, -0.2) is 84.0 Å². The molecule has 0 aliphatic carbocycles. The molecule has 0 bridgehead atoms. The number of likely N-dealkylation sites (tertiary alicyclic amines) is 1. The van der Waals surface area contributed by atoms with E-state index in [1.54, 1.807) is 23.1 Å². The van der Waals surface area contributed by atoms with E-state index in [-0.39, 0.29) is 49.9 Å². The van der Waals surface area contributed by atoms with E-state index < -0.39 is 6.10 Å². The largest absolute Gasteiger partial charge is 0.389 e. The highest BCUT2D eigenvalue weighted by Crippen LogP contribution is 2.29. The van der Waals surface area contributed by atoms with E-state index in [1.165, 1.54) is 6.42 Å². The first-order valence-corrected chi connectivity index (χ1v) is 12.4. The van der Waals surface area contributed by atoms with Gasteiger partial charge in [-0.25, -0.2) is 4.79 Å². The predicted octanol–water partition coefficient (Wildman–Crippen LogP) is 3.54. The molecule has 8 nitrogen and oxygen atoms in total. The third-order valence-electron chi connectivity index (χ3n) is 6.47. The smallest absolute Gasteiger partial charge is 0.322 e. The first-order chi connectivity index (χ1) is 15.9. The number of benzene rings is 1. The second kappa shape index (κ2) is 11.2. The van der Waals surface area contributed by atoms with E-state index >= 15 is 0 Å². The number of aliphatic hydroxyl groups is 1. The molecule has 0 aromatic heterocycles. The number of halogens is 2. The van der Waals surface area contributed by atoms with Crippen molar-refractivity contribution < 1.29 is 24.2 Å². The summed E-state index contributed by atoms with van der Waals surface area (Å²) in [6.45, 7) is 2.11. The maximum atomic E-state index is 13.2. The van der Waals surface area contributed by atoms with Crippen molar-refractivity contribution in [2.24, 2.45) is 0 Å². The predicted molar refractivity (Wildman–Crippen MR) is 126 cm³/mol. The summed E-state index contributed by atoms with van der Waals surface area (Å²) in [6, 6.07) is 4.18. The third kappa shape index (κ3) is 6.51. The highest BCUT2D eigenvalue weighted by molar-refractivity contribution is 6.35. The van der Waals surface area contributed by atoms with Gasteiger partial charge < -0.3 is 29.7 Å². The molecule has 0 saturated carbocycles. The molecule has 4 atom stereocenters. The molecule has 1 aromatic carbocycles. The Kier molecular flexibility index (Phi) is 8.35. The van der Waals surface area contributed by atoms with E-state index in [2.05, 4.69) is 5.32 Å². The average Bonchev–Trinajstić information content (AvgIpc) is 2.76. The van der Waals surface area contributed by atoms with Crippen LogP contribution < -0.4 is 5.32 Å². The number of carbonyl (C=O) groups is 2. The molecule has 0 spiro atoms. The number of aliphatic hydroxyl groups excluding tert-OH is 1. The van der Waals surface area contributed by atoms with E-state index in [1.807, 2.05) is 4.90 Å². The van der Waals surface area contributed by atoms with Crippen LogP contribution >= 0.6 is 23.2 Å². The van der Waals surface area contributed by atoms with Crippen LogP contribution in [-0.2, 0) is 14.3 Å². The molecule has 1 aromatic rings. The molecular weight excluding hydrogens is 469 g/mol. The van der Waals surface area contributed by atoms with Gasteiger partial charge in [0.05, 0.1) is 44.4 Å². The number of nitrogens with one attached hydrogen (secondary N) is 1. The van der Waals surface area contributed by atoms with Crippen molar-refractivity contribution in [2.75, 3.05) is 38.2 Å². The first kappa shape index (κ1) is 24.5. The Morgan fingerprint density at radius 2 is 1.79 bits per heavy atom. The van der Waals surface area contributed by atoms with Crippen LogP contribution in [0.4, 0.5) is 10.5 Å². The van der Waals surface area contributed by atoms with Crippen LogP contribution in [0.5, 0.6) is 0 Å². The zero-order valence-electron chi connectivity index (χ0n) is 18.6. The van der Waals surface area contributed by atoms with Gasteiger partial charge in [0, 0.05) is 28.8 Å². The van der Waals surface area contributed by atoms with Gasteiger partial charge in [0.15, 0.2) is 0 Å². The molecule has 4 rings (SSSR count). The minimum Gasteiger partial charge on any atom is -0.389 e. The summed E-state index contributed by atoms with van der Waals surface area (Å²) in [5.74, 6) is 0.132. The van der Waals surface area contributed by atoms with Crippen LogP contribution in [0.3, 0.4) is 0 Å². The molecule has 3 aliphatic rings. The number of urea groups is 1. The van der Waals surface area contributed by atoms with Gasteiger partial charge in [-0.05, 0) is 50.3 Å². The Hall–Kier alpha value is -1.58. The van der Waals surface area contributed by atoms with Crippen molar-refractivity contribution in [3.63, 3.8) is 0 Å². The molecule has 3 fully saturated rings. The number of hydrogen-bond acceptors (Lipinski definition) is 5. The van der Waals surface area contributed by atoms with Crippen LogP contribution in [0.1, 0.15) is 38.5 Å². The molecule has 33 heavy (non-hydrogen) atoms. The maximum Gasteiger partial charge on any atom is 0.322 e. The number of hydrogen-bond donors (Lipinski definition) is 2. The topological polar surface area (TPSA) is 91.3 Å². The van der Waals surface area contributed by atoms with Crippen molar-refractivity contribution in [3.8, 4) is 0 Å². The molecule has 3 saturated heterocycles. The van der Waals surface area contributed by atoms with Gasteiger partial charge in [-0.2, -0.15) is 0 Å². The number of nitrogens with zero attached hydrogens (tertiary/aromatic N) is 2. The lowest BCUT2D eigenvalue weighted by atomic mass is 9.94. The second-order valence-corrected chi connectivity index (χ2v) is 9.89. The number of fused-ring (bicyclic) bond motifs is 1. The fraction of sp³-hybridized carbons (Fsp3) is 0.652. The Labute approximate surface area is 204 Å². The Bertz CT molecular complexity index is 831. The Morgan fingerprint density at radius 3 is 2.52 bits per heavy atom. The summed E-state index contributed by atoms with van der Waals surface area (Å²) in [6.07, 6.45) is 3.56. The van der Waals surface area contributed by atoms with E-state index in [4.69, 9.17) is 32.7 Å². The average molecular weight is 500 g/mol. The standard InChI is InChI=1S/C23H31Cl2N3O5/c24-15-8-16(25)10-17(9-15)26-23(31)28-12-18(29)13-32-14-21-20(28)5-4-19(33-21)11-22(30)27-6-2-1-3-7-27/h8-10,18-21,29H,1-7,11-14H2,(H,26,31)/t18-,19-,20-,21+/m1/s1. The fourth-order valence-corrected chi connectivity index (χ4v) is 5.39. The highest BCUT2D eigenvalue weighted by Gasteiger charge is 2.40. The summed E-state index contributed by atoms with van der Waals surface area (Å²) in [4.78, 5) is 29.4. The number of amides is 3. The van der Waals surface area contributed by atoms with Gasteiger partial charge in [0.25, 0.3) is 0 Å². The monoisotopic (exact) mass is 499 g/mol. The third-order valence-corrected chi connectivity index (χ3v) is 6.90. The zero-order valence-corrected chi connectivity index (χ0v) is 20.1. The summed E-state index contributed by atoms with van der Waals surface area (Å²) < 4.78 is 11.9. The van der Waals surface area contributed by atoms with Gasteiger partial charge in [-0.3, -0.25) is 4.79 Å². The molecule has 3 heterocycles. The summed E-state index contributed by atoms with van der Waals surface area (Å²) in [7, 11) is 0. The summed E-state index contributed by atoms with van der Waals surface area (Å²) in [5, 5.41) is 14.0. The molecule has 182 valence electrons. The zero-order chi connectivity index (χ0) is 23.4. The molecule has 10 heteroatoms. The van der Waals surface area contributed by atoms with Crippen LogP contribution in [0.25, 0.3) is 0 Å². The highest BCUT2D eigenvalue weighted by atomic mass is 35.5. The van der Waals surface area contributed by atoms with Gasteiger partial charge in [-0.1, -0.05) is 23.2 Å². The van der Waals surface area contributed by atoms with E-state index in [0.717, 1.165) is 25.9 Å². The lowest BCUT2D eigenvalue weighted by molar-refractivity contribution is -0.154. The van der Waals surface area contributed by atoms with Crippen molar-refractivity contribution in [3.05, 3.63) is 28.2 Å². The van der Waals surface area contributed by atoms with Crippen LogP contribution in [0.15, 0.2) is 18.2 Å². The molecule has 0 radical (unpaired) electrons. The van der Waals surface area contributed by atoms with Gasteiger partial charge >= 0.3 is 6.03 Å². The summed E-state index contributed by atoms with van der Waals surface area (Å²) >= 11 is 12.1. The quantitative estimate of drug-likeness (QED) is 0.663. The SMILES string of the molecule is O=C(C[C@H]1CC[C@@H]2[C@H](COC[C@H](O)CN2C(=O)Nc2cc(Cl)cc(Cl)c2)O1)N1CCCCC1. The number of β-amino-alcohol motifs (C(OH)–C–C–N with tert-alkyl or cyclic N) is 1. The normalized spacial score (nSPS) is 28.5. The van der Waals surface area contributed by atoms with Crippen LogP contribution in [0, 0.1) is 0 Å². The maximum absolute atomic E-state index is 13.2. The first-order valence-electron chi connectivity index (χ1n) is 11.6. The van der Waals surface area contributed by atoms with Crippen LogP contribution in [0.2, 0.25) is 10.0 Å². The van der Waals surface area contributed by atoms with Crippen molar-refractivity contribution in [1.82, 2.24) is 9.80 Å². The molecule has 2 N–H and O–H groups in total. The number of piperidine rings is 1. The molecule has 3 aliphatic heterocycles. The van der Waals surface area contributed by atoms with E-state index in [9.17, 15) is 14.7 Å². The number of anilines is 1. The van der Waals surface area contributed by atoms with E-state index in [0.29, 0.717) is 35.0 Å². The second-order valence-electron chi connectivity index (χ2n) is 9.02. The summed E-state index contributed by atoms with van der Waals surface area (Å²) in [5.41, 5.74) is 0.476. The Morgan fingerprint density at radius 1 is 1.06 bits per heavy atom. The number of rotatable bonds is 3. The lowest BCUT2D eigenvalue weighted by Gasteiger charge is -2.44. The van der Waals surface area contributed by atoms with Crippen molar-refractivity contribution >= 4 is 40.8 Å². The minimum absolute atomic E-state index is 0.108. The molecule has 3 amide bonds. The van der Waals surface area contributed by atoms with Gasteiger partial charge in [0.1, 0.15) is 6.10 Å². The van der Waals surface area contributed by atoms with Gasteiger partial charge in [-0.15, -0.1) is 0 Å². The molecular formula is C23H31Cl2N3O5. The minimum atomic E-state index is -0.807. The lowest BCUT2D eigenvalue weighted by Crippen LogP contribution is -2.58. The van der Waals surface area contributed by atoms with Gasteiger partial charge in [0.2, 0.25) is 5.91 Å². The van der Waals surface area contributed by atoms with Crippen molar-refractivity contribution in [2.45, 2.75) is 62.9 Å². The molecule has 0 unspecified atom stereocenters. The number of carbonyl (C=O) groups excluding carboxylic acids is 2. The Balaban J connectivity index is 1.42. The fourth-order valence-electron chi connectivity index (χ4n) is 4.86. The number of ether oxygens (including phenoxy) is 2.